The van der Waals surface area contributed by atoms with Gasteiger partial charge in [0.15, 0.2) is 0 Å². The topological polar surface area (TPSA) is 51.8 Å². The van der Waals surface area contributed by atoms with E-state index in [0.29, 0.717) is 6.20 Å². The van der Waals surface area contributed by atoms with Crippen LogP contribution in [-0.4, -0.2) is 9.97 Å². The van der Waals surface area contributed by atoms with E-state index >= 15 is 0 Å². The minimum Gasteiger partial charge on any atom is -0.383 e. The van der Waals surface area contributed by atoms with Crippen molar-refractivity contribution in [3.05, 3.63) is 18.1 Å². The van der Waals surface area contributed by atoms with Gasteiger partial charge in [-0.1, -0.05) is 25.7 Å². The Kier molecular flexibility index (Phi) is 3.88. The average molecular weight is 219 g/mol. The number of hydrogen-bond donors (Lipinski definition) is 1. The number of hydrogen-bond acceptors (Lipinski definition) is 3. The van der Waals surface area contributed by atoms with Crippen molar-refractivity contribution in [1.29, 1.82) is 0 Å². The van der Waals surface area contributed by atoms with Gasteiger partial charge >= 0.3 is 6.18 Å². The monoisotopic (exact) mass is 219 g/mol. The molecule has 0 aliphatic heterocycles. The molecular weight excluding hydrogens is 207 g/mol. The van der Waals surface area contributed by atoms with Gasteiger partial charge in [-0.2, -0.15) is 13.2 Å². The molecular formula is C9H12F3N3. The standard InChI is InChI=1S/C5H4F3N3.C4H8/c6-5(7,8)3-1-10-2-11-4(3)9;1-2-4-3-1/h1-2H,(H2,9,10,11);1-4H2. The Morgan fingerprint density at radius 3 is 1.93 bits per heavy atom. The van der Waals surface area contributed by atoms with Crippen molar-refractivity contribution in [2.75, 3.05) is 5.73 Å². The fourth-order valence-electron chi connectivity index (χ4n) is 0.807. The third-order valence-corrected chi connectivity index (χ3v) is 2.05. The number of rotatable bonds is 0. The Morgan fingerprint density at radius 2 is 1.67 bits per heavy atom. The van der Waals surface area contributed by atoms with Crippen LogP contribution in [0.3, 0.4) is 0 Å². The lowest BCUT2D eigenvalue weighted by Crippen LogP contribution is -2.10. The lowest BCUT2D eigenvalue weighted by atomic mass is 10.0. The van der Waals surface area contributed by atoms with Crippen LogP contribution >= 0.6 is 0 Å². The van der Waals surface area contributed by atoms with Crippen LogP contribution in [0.25, 0.3) is 0 Å². The molecule has 2 N–H and O–H groups in total. The highest BCUT2D eigenvalue weighted by Crippen LogP contribution is 2.31. The largest absolute Gasteiger partial charge is 0.421 e. The van der Waals surface area contributed by atoms with E-state index in [9.17, 15) is 13.2 Å². The Balaban J connectivity index is 0.000000234. The van der Waals surface area contributed by atoms with Gasteiger partial charge in [0.1, 0.15) is 17.7 Å². The van der Waals surface area contributed by atoms with E-state index in [2.05, 4.69) is 9.97 Å². The molecule has 6 heteroatoms. The maximum atomic E-state index is 11.9. The molecule has 84 valence electrons. The molecule has 15 heavy (non-hydrogen) atoms. The van der Waals surface area contributed by atoms with E-state index in [-0.39, 0.29) is 0 Å². The highest BCUT2D eigenvalue weighted by molar-refractivity contribution is 5.38. The highest BCUT2D eigenvalue weighted by atomic mass is 19.4. The first kappa shape index (κ1) is 11.7. The minimum atomic E-state index is -4.47. The molecule has 1 aliphatic carbocycles. The van der Waals surface area contributed by atoms with Gasteiger partial charge in [-0.3, -0.25) is 0 Å². The van der Waals surface area contributed by atoms with Crippen LogP contribution in [0.2, 0.25) is 0 Å². The van der Waals surface area contributed by atoms with Crippen molar-refractivity contribution in [2.24, 2.45) is 0 Å². The second-order valence-corrected chi connectivity index (χ2v) is 3.23. The van der Waals surface area contributed by atoms with Gasteiger partial charge in [-0.25, -0.2) is 9.97 Å². The molecule has 1 saturated carbocycles. The van der Waals surface area contributed by atoms with E-state index in [1.807, 2.05) is 0 Å². The Hall–Kier alpha value is -1.33. The molecule has 1 aliphatic rings. The van der Waals surface area contributed by atoms with Crippen molar-refractivity contribution in [1.82, 2.24) is 9.97 Å². The van der Waals surface area contributed by atoms with E-state index in [0.717, 1.165) is 6.33 Å². The Labute approximate surface area is 85.5 Å². The predicted molar refractivity (Wildman–Crippen MR) is 49.9 cm³/mol. The quantitative estimate of drug-likeness (QED) is 0.729. The van der Waals surface area contributed by atoms with Crippen molar-refractivity contribution in [3.63, 3.8) is 0 Å². The zero-order valence-corrected chi connectivity index (χ0v) is 8.09. The number of nitrogens with zero attached hydrogens (tertiary/aromatic N) is 2. The number of alkyl halides is 3. The van der Waals surface area contributed by atoms with E-state index < -0.39 is 17.6 Å². The van der Waals surface area contributed by atoms with Gasteiger partial charge in [-0.05, 0) is 0 Å². The van der Waals surface area contributed by atoms with Gasteiger partial charge in [0, 0.05) is 6.20 Å². The molecule has 0 saturated heterocycles. The zero-order chi connectivity index (χ0) is 11.3. The molecule has 3 nitrogen and oxygen atoms in total. The minimum absolute atomic E-state index is 0.549. The summed E-state index contributed by atoms with van der Waals surface area (Å²) in [6.07, 6.45) is 3.14. The Bertz CT molecular complexity index is 304. The van der Waals surface area contributed by atoms with Crippen LogP contribution in [-0.2, 0) is 6.18 Å². The molecule has 0 unspecified atom stereocenters. The molecule has 1 heterocycles. The molecule has 0 aromatic carbocycles. The molecule has 1 aromatic rings. The highest BCUT2D eigenvalue weighted by Gasteiger charge is 2.33. The smallest absolute Gasteiger partial charge is 0.383 e. The summed E-state index contributed by atoms with van der Waals surface area (Å²) >= 11 is 0. The summed E-state index contributed by atoms with van der Waals surface area (Å²) in [5, 5.41) is 0. The van der Waals surface area contributed by atoms with E-state index in [1.165, 1.54) is 25.7 Å². The molecule has 1 fully saturated rings. The number of aromatic nitrogens is 2. The lowest BCUT2D eigenvalue weighted by molar-refractivity contribution is -0.137. The fourth-order valence-corrected chi connectivity index (χ4v) is 0.807. The number of nitrogens with two attached hydrogens (primary N) is 1. The van der Waals surface area contributed by atoms with Crippen LogP contribution in [0, 0.1) is 0 Å². The maximum absolute atomic E-state index is 11.9. The van der Waals surface area contributed by atoms with Gasteiger partial charge in [0.05, 0.1) is 0 Å². The number of anilines is 1. The summed E-state index contributed by atoms with van der Waals surface area (Å²) in [6, 6.07) is 0. The van der Waals surface area contributed by atoms with Crippen LogP contribution < -0.4 is 5.73 Å². The summed E-state index contributed by atoms with van der Waals surface area (Å²) in [5.74, 6) is -0.549. The zero-order valence-electron chi connectivity index (χ0n) is 8.09. The molecule has 0 amide bonds. The second kappa shape index (κ2) is 4.95. The molecule has 0 bridgehead atoms. The van der Waals surface area contributed by atoms with Crippen LogP contribution in [0.1, 0.15) is 31.2 Å². The normalized spacial score (nSPS) is 14.9. The van der Waals surface area contributed by atoms with E-state index in [4.69, 9.17) is 5.73 Å². The van der Waals surface area contributed by atoms with Crippen LogP contribution in [0.5, 0.6) is 0 Å². The SMILES string of the molecule is C1CCC1.Nc1ncncc1C(F)(F)F. The van der Waals surface area contributed by atoms with Crippen LogP contribution in [0.4, 0.5) is 19.0 Å². The van der Waals surface area contributed by atoms with Crippen molar-refractivity contribution < 1.29 is 13.2 Å². The first-order valence-electron chi connectivity index (χ1n) is 4.64. The van der Waals surface area contributed by atoms with Gasteiger partial charge < -0.3 is 5.73 Å². The first-order valence-corrected chi connectivity index (χ1v) is 4.64. The number of nitrogen functional groups attached to an aromatic ring is 1. The molecule has 1 aromatic heterocycles. The van der Waals surface area contributed by atoms with Gasteiger partial charge in [0.2, 0.25) is 0 Å². The predicted octanol–water partition coefficient (Wildman–Crippen LogP) is 2.64. The molecule has 0 spiro atoms. The molecule has 0 atom stereocenters. The Morgan fingerprint density at radius 1 is 1.13 bits per heavy atom. The summed E-state index contributed by atoms with van der Waals surface area (Å²) < 4.78 is 35.7. The fraction of sp³-hybridized carbons (Fsp3) is 0.556. The summed E-state index contributed by atoms with van der Waals surface area (Å²) in [5.41, 5.74) is 3.94. The first-order chi connectivity index (χ1) is 7.02. The third kappa shape index (κ3) is 3.73. The molecule has 0 radical (unpaired) electrons. The van der Waals surface area contributed by atoms with Crippen molar-refractivity contribution >= 4 is 5.82 Å². The van der Waals surface area contributed by atoms with E-state index in [1.54, 1.807) is 0 Å². The summed E-state index contributed by atoms with van der Waals surface area (Å²) in [7, 11) is 0. The van der Waals surface area contributed by atoms with Gasteiger partial charge in [0.25, 0.3) is 0 Å². The van der Waals surface area contributed by atoms with Crippen molar-refractivity contribution in [2.45, 2.75) is 31.9 Å². The second-order valence-electron chi connectivity index (χ2n) is 3.23. The summed E-state index contributed by atoms with van der Waals surface area (Å²) in [4.78, 5) is 6.39. The lowest BCUT2D eigenvalue weighted by Gasteiger charge is -2.06. The van der Waals surface area contributed by atoms with Crippen LogP contribution in [0.15, 0.2) is 12.5 Å². The van der Waals surface area contributed by atoms with Gasteiger partial charge in [-0.15, -0.1) is 0 Å². The summed E-state index contributed by atoms with van der Waals surface area (Å²) in [6.45, 7) is 0. The van der Waals surface area contributed by atoms with Crippen molar-refractivity contribution in [3.8, 4) is 0 Å². The maximum Gasteiger partial charge on any atom is 0.421 e. The number of halogens is 3. The molecule has 2 rings (SSSR count). The third-order valence-electron chi connectivity index (χ3n) is 2.05. The average Bonchev–Trinajstić information content (AvgIpc) is 1.99.